The Morgan fingerprint density at radius 2 is 2.32 bits per heavy atom. The number of aryl methyl sites for hydroxylation is 1. The Hall–Kier alpha value is -0.400. The Morgan fingerprint density at radius 1 is 1.58 bits per heavy atom. The molecule has 108 valence electrons. The van der Waals surface area contributed by atoms with E-state index in [0.717, 1.165) is 12.8 Å². The molecule has 2 atom stereocenters. The lowest BCUT2D eigenvalue weighted by Crippen LogP contribution is -2.35. The highest BCUT2D eigenvalue weighted by molar-refractivity contribution is 9.10. The largest absolute Gasteiger partial charge is 0.385 e. The molecular weight excluding hydrogens is 332 g/mol. The molecule has 0 radical (unpaired) electrons. The third kappa shape index (κ3) is 3.03. The minimum absolute atomic E-state index is 0.175. The summed E-state index contributed by atoms with van der Waals surface area (Å²) in [6, 6.07) is 0. The van der Waals surface area contributed by atoms with Crippen molar-refractivity contribution >= 4 is 25.8 Å². The average molecular weight is 351 g/mol. The Balaban J connectivity index is 2.33. The number of sulfone groups is 1. The molecule has 0 amide bonds. The van der Waals surface area contributed by atoms with E-state index in [-0.39, 0.29) is 5.75 Å². The van der Waals surface area contributed by atoms with Crippen LogP contribution in [0.3, 0.4) is 0 Å². The van der Waals surface area contributed by atoms with E-state index in [9.17, 15) is 13.5 Å². The molecule has 0 spiro atoms. The number of nitrogens with zero attached hydrogens (tertiary/aromatic N) is 2. The second-order valence-corrected chi connectivity index (χ2v) is 8.14. The predicted molar refractivity (Wildman–Crippen MR) is 76.6 cm³/mol. The van der Waals surface area contributed by atoms with E-state index in [0.29, 0.717) is 29.6 Å². The van der Waals surface area contributed by atoms with E-state index in [4.69, 9.17) is 0 Å². The number of rotatable bonds is 4. The molecule has 1 aromatic heterocycles. The van der Waals surface area contributed by atoms with Gasteiger partial charge in [-0.15, -0.1) is 0 Å². The summed E-state index contributed by atoms with van der Waals surface area (Å²) in [5.41, 5.74) is 0.581. The molecule has 2 unspecified atom stereocenters. The summed E-state index contributed by atoms with van der Waals surface area (Å²) in [6.45, 7) is 2.69. The zero-order chi connectivity index (χ0) is 14.0. The van der Waals surface area contributed by atoms with Crippen molar-refractivity contribution in [3.63, 3.8) is 0 Å². The summed E-state index contributed by atoms with van der Waals surface area (Å²) < 4.78 is 26.6. The van der Waals surface area contributed by atoms with Crippen LogP contribution in [0, 0.1) is 0 Å². The van der Waals surface area contributed by atoms with Gasteiger partial charge in [0, 0.05) is 6.54 Å². The molecule has 0 aromatic carbocycles. The van der Waals surface area contributed by atoms with E-state index in [2.05, 4.69) is 21.0 Å². The maximum atomic E-state index is 12.1. The third-order valence-electron chi connectivity index (χ3n) is 3.53. The van der Waals surface area contributed by atoms with Crippen LogP contribution < -0.4 is 0 Å². The van der Waals surface area contributed by atoms with Gasteiger partial charge in [0.05, 0.1) is 27.4 Å². The summed E-state index contributed by atoms with van der Waals surface area (Å²) >= 11 is 3.35. The molecule has 1 N–H and O–H groups in total. The maximum absolute atomic E-state index is 12.1. The van der Waals surface area contributed by atoms with Crippen LogP contribution in [0.15, 0.2) is 10.7 Å². The Bertz CT molecular complexity index is 541. The van der Waals surface area contributed by atoms with Crippen LogP contribution in [-0.4, -0.2) is 34.3 Å². The number of hydrogen-bond donors (Lipinski definition) is 1. The number of aromatic nitrogens is 2. The Morgan fingerprint density at radius 3 is 2.95 bits per heavy atom. The van der Waals surface area contributed by atoms with Crippen molar-refractivity contribution in [2.75, 3.05) is 5.75 Å². The number of hydrogen-bond acceptors (Lipinski definition) is 4. The van der Waals surface area contributed by atoms with Crippen LogP contribution in [0.5, 0.6) is 0 Å². The quantitative estimate of drug-likeness (QED) is 0.901. The maximum Gasteiger partial charge on any atom is 0.156 e. The van der Waals surface area contributed by atoms with Crippen LogP contribution in [0.25, 0.3) is 0 Å². The van der Waals surface area contributed by atoms with Crippen molar-refractivity contribution in [3.8, 4) is 0 Å². The SMILES string of the molecule is CCCn1ncc(Br)c1C(O)C1CCCCS1(=O)=O. The molecule has 1 aliphatic rings. The van der Waals surface area contributed by atoms with Gasteiger partial charge in [0.2, 0.25) is 0 Å². The van der Waals surface area contributed by atoms with Gasteiger partial charge in [0.15, 0.2) is 9.84 Å². The van der Waals surface area contributed by atoms with Crippen LogP contribution in [0.1, 0.15) is 44.4 Å². The topological polar surface area (TPSA) is 72.2 Å². The molecule has 2 rings (SSSR count). The predicted octanol–water partition coefficient (Wildman–Crippen LogP) is 2.06. The molecule has 0 saturated carbocycles. The highest BCUT2D eigenvalue weighted by Gasteiger charge is 2.37. The van der Waals surface area contributed by atoms with E-state index in [1.165, 1.54) is 0 Å². The van der Waals surface area contributed by atoms with Crippen molar-refractivity contribution in [1.82, 2.24) is 9.78 Å². The molecule has 1 fully saturated rings. The molecular formula is C12H19BrN2O3S. The van der Waals surface area contributed by atoms with Gasteiger partial charge in [-0.25, -0.2) is 8.42 Å². The van der Waals surface area contributed by atoms with Crippen molar-refractivity contribution in [2.45, 2.75) is 50.5 Å². The van der Waals surface area contributed by atoms with Gasteiger partial charge in [-0.3, -0.25) is 4.68 Å². The summed E-state index contributed by atoms with van der Waals surface area (Å²) in [5, 5.41) is 14.0. The van der Waals surface area contributed by atoms with Gasteiger partial charge in [-0.05, 0) is 35.2 Å². The van der Waals surface area contributed by atoms with Crippen LogP contribution >= 0.6 is 15.9 Å². The van der Waals surface area contributed by atoms with Gasteiger partial charge >= 0.3 is 0 Å². The summed E-state index contributed by atoms with van der Waals surface area (Å²) in [4.78, 5) is 0. The molecule has 1 aromatic rings. The fourth-order valence-electron chi connectivity index (χ4n) is 2.57. The molecule has 1 aliphatic heterocycles. The monoisotopic (exact) mass is 350 g/mol. The molecule has 1 saturated heterocycles. The molecule has 19 heavy (non-hydrogen) atoms. The molecule has 0 aliphatic carbocycles. The Labute approximate surface area is 122 Å². The highest BCUT2D eigenvalue weighted by Crippen LogP contribution is 2.34. The van der Waals surface area contributed by atoms with E-state index in [1.807, 2.05) is 6.92 Å². The van der Waals surface area contributed by atoms with Crippen LogP contribution in [-0.2, 0) is 16.4 Å². The lowest BCUT2D eigenvalue weighted by molar-refractivity contribution is 0.152. The van der Waals surface area contributed by atoms with E-state index < -0.39 is 21.2 Å². The third-order valence-corrected chi connectivity index (χ3v) is 6.41. The smallest absolute Gasteiger partial charge is 0.156 e. The van der Waals surface area contributed by atoms with Crippen LogP contribution in [0.2, 0.25) is 0 Å². The minimum Gasteiger partial charge on any atom is -0.385 e. The number of aliphatic hydroxyl groups is 1. The summed E-state index contributed by atoms with van der Waals surface area (Å²) in [5.74, 6) is 0.175. The Kier molecular flexibility index (Phi) is 4.68. The number of aliphatic hydroxyl groups excluding tert-OH is 1. The molecule has 7 heteroatoms. The van der Waals surface area contributed by atoms with Crippen molar-refractivity contribution < 1.29 is 13.5 Å². The van der Waals surface area contributed by atoms with E-state index >= 15 is 0 Å². The van der Waals surface area contributed by atoms with Gasteiger partial charge in [0.25, 0.3) is 0 Å². The molecule has 0 bridgehead atoms. The number of halogens is 1. The van der Waals surface area contributed by atoms with Gasteiger partial charge in [-0.2, -0.15) is 5.10 Å². The standard InChI is InChI=1S/C12H19BrN2O3S/c1-2-6-15-11(9(13)8-14-15)12(16)10-5-3-4-7-19(10,17)18/h8,10,12,16H,2-7H2,1H3. The van der Waals surface area contributed by atoms with E-state index in [1.54, 1.807) is 10.9 Å². The lowest BCUT2D eigenvalue weighted by atomic mass is 10.1. The second-order valence-electron chi connectivity index (χ2n) is 4.95. The van der Waals surface area contributed by atoms with Gasteiger partial charge < -0.3 is 5.11 Å². The van der Waals surface area contributed by atoms with Crippen LogP contribution in [0.4, 0.5) is 0 Å². The zero-order valence-electron chi connectivity index (χ0n) is 10.9. The lowest BCUT2D eigenvalue weighted by Gasteiger charge is -2.27. The van der Waals surface area contributed by atoms with Crippen molar-refractivity contribution in [2.24, 2.45) is 0 Å². The first-order valence-corrected chi connectivity index (χ1v) is 9.09. The first-order chi connectivity index (χ1) is 8.97. The van der Waals surface area contributed by atoms with Crippen molar-refractivity contribution in [1.29, 1.82) is 0 Å². The molecule has 5 nitrogen and oxygen atoms in total. The van der Waals surface area contributed by atoms with Gasteiger partial charge in [-0.1, -0.05) is 13.3 Å². The summed E-state index contributed by atoms with van der Waals surface area (Å²) in [6.07, 6.45) is 3.55. The molecule has 2 heterocycles. The fraction of sp³-hybridized carbons (Fsp3) is 0.750. The first kappa shape index (κ1) is 15.0. The first-order valence-electron chi connectivity index (χ1n) is 6.58. The van der Waals surface area contributed by atoms with Gasteiger partial charge in [0.1, 0.15) is 6.10 Å². The zero-order valence-corrected chi connectivity index (χ0v) is 13.3. The highest BCUT2D eigenvalue weighted by atomic mass is 79.9. The van der Waals surface area contributed by atoms with Crippen molar-refractivity contribution in [3.05, 3.63) is 16.4 Å². The minimum atomic E-state index is -3.21. The fourth-order valence-corrected chi connectivity index (χ4v) is 5.05. The second kappa shape index (κ2) is 5.93. The average Bonchev–Trinajstić information content (AvgIpc) is 2.70. The summed E-state index contributed by atoms with van der Waals surface area (Å²) in [7, 11) is -3.21. The normalized spacial score (nSPS) is 24.3.